The van der Waals surface area contributed by atoms with Crippen molar-refractivity contribution < 1.29 is 0 Å². The highest BCUT2D eigenvalue weighted by molar-refractivity contribution is 7.71. The Hall–Kier alpha value is -2.88. The summed E-state index contributed by atoms with van der Waals surface area (Å²) in [4.78, 5) is 20.0. The minimum Gasteiger partial charge on any atom is -0.320 e. The number of hydrogen-bond donors (Lipinski definition) is 2. The largest absolute Gasteiger partial charge is 0.320 e. The molecule has 0 saturated heterocycles. The van der Waals surface area contributed by atoms with Crippen LogP contribution in [0.3, 0.4) is 0 Å². The fraction of sp³-hybridized carbons (Fsp3) is 0.375. The van der Waals surface area contributed by atoms with E-state index in [1.807, 2.05) is 18.4 Å². The molecule has 0 fully saturated rings. The van der Waals surface area contributed by atoms with E-state index < -0.39 is 0 Å². The van der Waals surface area contributed by atoms with E-state index in [0.29, 0.717) is 17.1 Å². The lowest BCUT2D eigenvalue weighted by Crippen LogP contribution is -2.21. The van der Waals surface area contributed by atoms with Crippen LogP contribution in [0.4, 0.5) is 0 Å². The van der Waals surface area contributed by atoms with Crippen LogP contribution in [0.2, 0.25) is 0 Å². The molecule has 4 rings (SSSR count). The second kappa shape index (κ2) is 7.16. The van der Waals surface area contributed by atoms with Crippen molar-refractivity contribution >= 4 is 34.3 Å². The first-order chi connectivity index (χ1) is 12.4. The minimum absolute atomic E-state index is 0.0475. The van der Waals surface area contributed by atoms with E-state index in [1.165, 1.54) is 12.5 Å². The molecule has 0 aliphatic heterocycles. The van der Waals surface area contributed by atoms with E-state index in [9.17, 15) is 4.79 Å². The summed E-state index contributed by atoms with van der Waals surface area (Å²) in [5.74, 6) is 0. The molecule has 136 valence electrons. The first kappa shape index (κ1) is 17.9. The standard InChI is InChI=1S/C8H10N4O.C8H10N4S/c2*1-5(2)12-4-9-7-6(8(12)13)3-10-11-7/h2*3-5H,1-2H3,(H,10,11). The van der Waals surface area contributed by atoms with Crippen LogP contribution >= 0.6 is 12.2 Å². The van der Waals surface area contributed by atoms with Gasteiger partial charge in [0.1, 0.15) is 16.4 Å². The topological polar surface area (TPSA) is 110 Å². The van der Waals surface area contributed by atoms with Crippen LogP contribution < -0.4 is 5.56 Å². The Balaban J connectivity index is 0.000000151. The number of rotatable bonds is 2. The molecule has 0 aromatic carbocycles. The molecule has 0 saturated carbocycles. The summed E-state index contributed by atoms with van der Waals surface area (Å²) >= 11 is 5.29. The third kappa shape index (κ3) is 3.27. The van der Waals surface area contributed by atoms with Gasteiger partial charge in [0.2, 0.25) is 0 Å². The summed E-state index contributed by atoms with van der Waals surface area (Å²) in [7, 11) is 0. The summed E-state index contributed by atoms with van der Waals surface area (Å²) < 4.78 is 4.32. The number of aromatic amines is 2. The monoisotopic (exact) mass is 372 g/mol. The number of hydrogen-bond acceptors (Lipinski definition) is 6. The van der Waals surface area contributed by atoms with Crippen LogP contribution in [0.15, 0.2) is 29.8 Å². The lowest BCUT2D eigenvalue weighted by atomic mass is 10.3. The minimum atomic E-state index is -0.0475. The molecule has 0 radical (unpaired) electrons. The van der Waals surface area contributed by atoms with Crippen LogP contribution in [0.5, 0.6) is 0 Å². The van der Waals surface area contributed by atoms with Gasteiger partial charge in [0.05, 0.1) is 24.1 Å². The van der Waals surface area contributed by atoms with Gasteiger partial charge in [-0.2, -0.15) is 10.2 Å². The molecule has 0 aliphatic carbocycles. The zero-order valence-electron chi connectivity index (χ0n) is 15.0. The average molecular weight is 372 g/mol. The fourth-order valence-corrected chi connectivity index (χ4v) is 2.83. The SMILES string of the molecule is CC(C)n1cnc2[nH]ncc2c1=O.CC(C)n1cnc2[nH]ncc2c1=S. The Morgan fingerprint density at radius 3 is 1.96 bits per heavy atom. The van der Waals surface area contributed by atoms with Crippen LogP contribution in [-0.2, 0) is 0 Å². The van der Waals surface area contributed by atoms with Gasteiger partial charge in [-0.05, 0) is 27.7 Å². The number of nitrogens with zero attached hydrogens (tertiary/aromatic N) is 6. The Morgan fingerprint density at radius 1 is 0.885 bits per heavy atom. The fourth-order valence-electron chi connectivity index (χ4n) is 2.43. The van der Waals surface area contributed by atoms with Crippen molar-refractivity contribution in [1.29, 1.82) is 0 Å². The highest BCUT2D eigenvalue weighted by Gasteiger charge is 2.07. The number of aromatic nitrogens is 8. The van der Waals surface area contributed by atoms with Gasteiger partial charge in [0.25, 0.3) is 5.56 Å². The smallest absolute Gasteiger partial charge is 0.264 e. The average Bonchev–Trinajstić information content (AvgIpc) is 3.25. The Kier molecular flexibility index (Phi) is 4.94. The summed E-state index contributed by atoms with van der Waals surface area (Å²) in [6.45, 7) is 8.02. The number of fused-ring (bicyclic) bond motifs is 2. The maximum atomic E-state index is 11.7. The molecule has 4 aromatic heterocycles. The predicted octanol–water partition coefficient (Wildman–Crippen LogP) is 2.77. The summed E-state index contributed by atoms with van der Waals surface area (Å²) in [5.41, 5.74) is 1.25. The first-order valence-corrected chi connectivity index (χ1v) is 8.61. The quantitative estimate of drug-likeness (QED) is 0.524. The molecule has 10 heteroatoms. The van der Waals surface area contributed by atoms with Gasteiger partial charge in [0.15, 0.2) is 11.3 Å². The second-order valence-corrected chi connectivity index (χ2v) is 6.75. The van der Waals surface area contributed by atoms with Crippen LogP contribution in [0.25, 0.3) is 22.1 Å². The molecule has 2 N–H and O–H groups in total. The van der Waals surface area contributed by atoms with Gasteiger partial charge in [-0.25, -0.2) is 9.97 Å². The van der Waals surface area contributed by atoms with Gasteiger partial charge in [-0.15, -0.1) is 0 Å². The molecule has 26 heavy (non-hydrogen) atoms. The molecule has 0 amide bonds. The molecular formula is C16H20N8OS. The van der Waals surface area contributed by atoms with Gasteiger partial charge >= 0.3 is 0 Å². The Bertz CT molecular complexity index is 1060. The van der Waals surface area contributed by atoms with Crippen molar-refractivity contribution in [3.63, 3.8) is 0 Å². The molecule has 4 heterocycles. The van der Waals surface area contributed by atoms with Crippen molar-refractivity contribution in [2.75, 3.05) is 0 Å². The third-order valence-corrected chi connectivity index (χ3v) is 4.33. The molecule has 0 aliphatic rings. The Morgan fingerprint density at radius 2 is 1.38 bits per heavy atom. The molecule has 9 nitrogen and oxygen atoms in total. The van der Waals surface area contributed by atoms with E-state index in [2.05, 4.69) is 44.2 Å². The van der Waals surface area contributed by atoms with Gasteiger partial charge < -0.3 is 4.57 Å². The third-order valence-electron chi connectivity index (χ3n) is 3.90. The highest BCUT2D eigenvalue weighted by Crippen LogP contribution is 2.13. The molecule has 0 unspecified atom stereocenters. The van der Waals surface area contributed by atoms with E-state index >= 15 is 0 Å². The zero-order chi connectivity index (χ0) is 18.8. The molecule has 0 bridgehead atoms. The maximum absolute atomic E-state index is 11.7. The van der Waals surface area contributed by atoms with E-state index in [1.54, 1.807) is 17.1 Å². The summed E-state index contributed by atoms with van der Waals surface area (Å²) in [5, 5.41) is 14.5. The van der Waals surface area contributed by atoms with Gasteiger partial charge in [-0.3, -0.25) is 19.6 Å². The molecular weight excluding hydrogens is 352 g/mol. The molecule has 0 atom stereocenters. The number of nitrogens with one attached hydrogen (secondary N) is 2. The van der Waals surface area contributed by atoms with Crippen LogP contribution in [-0.4, -0.2) is 39.5 Å². The van der Waals surface area contributed by atoms with Crippen LogP contribution in [0.1, 0.15) is 39.8 Å². The van der Waals surface area contributed by atoms with Crippen LogP contribution in [0, 0.1) is 4.64 Å². The lowest BCUT2D eigenvalue weighted by molar-refractivity contribution is 0.573. The van der Waals surface area contributed by atoms with E-state index in [-0.39, 0.29) is 11.6 Å². The van der Waals surface area contributed by atoms with Crippen molar-refractivity contribution in [1.82, 2.24) is 39.5 Å². The second-order valence-electron chi connectivity index (χ2n) is 6.37. The lowest BCUT2D eigenvalue weighted by Gasteiger charge is -2.09. The maximum Gasteiger partial charge on any atom is 0.264 e. The summed E-state index contributed by atoms with van der Waals surface area (Å²) in [6, 6.07) is 0.457. The van der Waals surface area contributed by atoms with Crippen molar-refractivity contribution in [2.45, 2.75) is 39.8 Å². The zero-order valence-corrected chi connectivity index (χ0v) is 15.8. The first-order valence-electron chi connectivity index (χ1n) is 8.20. The van der Waals surface area contributed by atoms with E-state index in [0.717, 1.165) is 15.7 Å². The predicted molar refractivity (Wildman–Crippen MR) is 102 cm³/mol. The van der Waals surface area contributed by atoms with E-state index in [4.69, 9.17) is 12.2 Å². The highest BCUT2D eigenvalue weighted by atomic mass is 32.1. The Labute approximate surface area is 154 Å². The normalized spacial score (nSPS) is 11.3. The number of H-pyrrole nitrogens is 2. The molecule has 0 spiro atoms. The van der Waals surface area contributed by atoms with Crippen molar-refractivity contribution in [3.05, 3.63) is 40.0 Å². The van der Waals surface area contributed by atoms with Gasteiger partial charge in [-0.1, -0.05) is 12.2 Å². The van der Waals surface area contributed by atoms with Gasteiger partial charge in [0, 0.05) is 12.1 Å². The molecule has 4 aromatic rings. The van der Waals surface area contributed by atoms with Crippen molar-refractivity contribution in [3.8, 4) is 0 Å². The summed E-state index contributed by atoms with van der Waals surface area (Å²) in [6.07, 6.45) is 6.49. The van der Waals surface area contributed by atoms with Crippen molar-refractivity contribution in [2.24, 2.45) is 0 Å².